The molecule has 1 aliphatic rings. The van der Waals surface area contributed by atoms with E-state index >= 15 is 0 Å². The number of rotatable bonds is 3. The zero-order chi connectivity index (χ0) is 19.7. The number of ether oxygens (including phenoxy) is 1. The quantitative estimate of drug-likeness (QED) is 0.760. The summed E-state index contributed by atoms with van der Waals surface area (Å²) < 4.78 is 6.19. The molecule has 2 heterocycles. The van der Waals surface area contributed by atoms with E-state index < -0.39 is 0 Å². The molecule has 0 saturated carbocycles. The normalized spacial score (nSPS) is 15.0. The average molecular weight is 377 g/mol. The Morgan fingerprint density at radius 1 is 1.11 bits per heavy atom. The van der Waals surface area contributed by atoms with Gasteiger partial charge in [0.2, 0.25) is 0 Å². The van der Waals surface area contributed by atoms with Crippen molar-refractivity contribution in [2.24, 2.45) is 0 Å². The summed E-state index contributed by atoms with van der Waals surface area (Å²) in [5.41, 5.74) is 2.30. The van der Waals surface area contributed by atoms with Crippen LogP contribution in [-0.4, -0.2) is 40.2 Å². The number of nitrogens with zero attached hydrogens (tertiary/aromatic N) is 2. The third kappa shape index (κ3) is 3.50. The Balaban J connectivity index is 1.47. The molecule has 6 heteroatoms. The van der Waals surface area contributed by atoms with E-state index in [1.54, 1.807) is 23.1 Å². The highest BCUT2D eigenvalue weighted by molar-refractivity contribution is 6.04. The highest BCUT2D eigenvalue weighted by Gasteiger charge is 2.27. The maximum Gasteiger partial charge on any atom is 0.274 e. The molecule has 144 valence electrons. The number of amides is 1. The molecule has 1 saturated heterocycles. The molecular weight excluding hydrogens is 354 g/mol. The third-order valence-electron chi connectivity index (χ3n) is 5.27. The minimum Gasteiger partial charge on any atom is -0.490 e. The maximum absolute atomic E-state index is 13.0. The van der Waals surface area contributed by atoms with Crippen molar-refractivity contribution in [1.29, 1.82) is 0 Å². The first-order valence-electron chi connectivity index (χ1n) is 9.53. The SMILES string of the molecule is Cc1ccc(C)c(OC2CCN(C(=O)c3n[nH]c(=O)c4ccccc34)CC2)c1. The molecule has 1 aliphatic heterocycles. The van der Waals surface area contributed by atoms with Crippen LogP contribution in [0.15, 0.2) is 47.3 Å². The summed E-state index contributed by atoms with van der Waals surface area (Å²) >= 11 is 0. The van der Waals surface area contributed by atoms with Crippen LogP contribution in [0.25, 0.3) is 10.8 Å². The molecular formula is C22H23N3O3. The number of hydrogen-bond acceptors (Lipinski definition) is 4. The molecule has 0 aliphatic carbocycles. The fraction of sp³-hybridized carbons (Fsp3) is 0.318. The Labute approximate surface area is 163 Å². The van der Waals surface area contributed by atoms with E-state index in [1.807, 2.05) is 13.0 Å². The first kappa shape index (κ1) is 18.2. The molecule has 1 fully saturated rings. The van der Waals surface area contributed by atoms with Gasteiger partial charge in [-0.1, -0.05) is 30.3 Å². The van der Waals surface area contributed by atoms with Crippen molar-refractivity contribution in [2.75, 3.05) is 13.1 Å². The number of carbonyl (C=O) groups excluding carboxylic acids is 1. The second kappa shape index (κ2) is 7.46. The van der Waals surface area contributed by atoms with E-state index in [2.05, 4.69) is 35.3 Å². The number of aromatic amines is 1. The van der Waals surface area contributed by atoms with Crippen molar-refractivity contribution in [3.05, 3.63) is 69.6 Å². The van der Waals surface area contributed by atoms with Gasteiger partial charge >= 0.3 is 0 Å². The Kier molecular flexibility index (Phi) is 4.86. The largest absolute Gasteiger partial charge is 0.490 e. The molecule has 2 aromatic carbocycles. The molecule has 0 radical (unpaired) electrons. The van der Waals surface area contributed by atoms with Gasteiger partial charge in [-0.2, -0.15) is 5.10 Å². The summed E-state index contributed by atoms with van der Waals surface area (Å²) in [6.07, 6.45) is 1.62. The second-order valence-electron chi connectivity index (χ2n) is 7.33. The van der Waals surface area contributed by atoms with Gasteiger partial charge in [-0.25, -0.2) is 5.10 Å². The van der Waals surface area contributed by atoms with E-state index in [1.165, 1.54) is 5.56 Å². The van der Waals surface area contributed by atoms with Crippen LogP contribution in [0.5, 0.6) is 5.75 Å². The smallest absolute Gasteiger partial charge is 0.274 e. The van der Waals surface area contributed by atoms with Crippen molar-refractivity contribution in [2.45, 2.75) is 32.8 Å². The van der Waals surface area contributed by atoms with Crippen molar-refractivity contribution in [3.63, 3.8) is 0 Å². The summed E-state index contributed by atoms with van der Waals surface area (Å²) in [5.74, 6) is 0.760. The lowest BCUT2D eigenvalue weighted by molar-refractivity contribution is 0.0590. The molecule has 0 bridgehead atoms. The van der Waals surface area contributed by atoms with Crippen LogP contribution in [0.1, 0.15) is 34.5 Å². The predicted octanol–water partition coefficient (Wildman–Crippen LogP) is 3.22. The number of fused-ring (bicyclic) bond motifs is 1. The number of nitrogens with one attached hydrogen (secondary N) is 1. The fourth-order valence-corrected chi connectivity index (χ4v) is 3.62. The number of aromatic nitrogens is 2. The van der Waals surface area contributed by atoms with Crippen LogP contribution in [0, 0.1) is 13.8 Å². The second-order valence-corrected chi connectivity index (χ2v) is 7.33. The van der Waals surface area contributed by atoms with Gasteiger partial charge < -0.3 is 9.64 Å². The van der Waals surface area contributed by atoms with Gasteiger partial charge in [0.15, 0.2) is 5.69 Å². The van der Waals surface area contributed by atoms with E-state index in [0.717, 1.165) is 24.2 Å². The predicted molar refractivity (Wildman–Crippen MR) is 108 cm³/mol. The fourth-order valence-electron chi connectivity index (χ4n) is 3.62. The van der Waals surface area contributed by atoms with Crippen LogP contribution in [0.4, 0.5) is 0 Å². The summed E-state index contributed by atoms with van der Waals surface area (Å²) in [7, 11) is 0. The first-order chi connectivity index (χ1) is 13.5. The lowest BCUT2D eigenvalue weighted by Crippen LogP contribution is -2.42. The molecule has 0 spiro atoms. The minimum absolute atomic E-state index is 0.0878. The molecule has 0 unspecified atom stereocenters. The van der Waals surface area contributed by atoms with Crippen molar-refractivity contribution < 1.29 is 9.53 Å². The Bertz CT molecular complexity index is 1080. The zero-order valence-electron chi connectivity index (χ0n) is 16.1. The highest BCUT2D eigenvalue weighted by atomic mass is 16.5. The monoisotopic (exact) mass is 377 g/mol. The molecule has 3 aromatic rings. The number of carbonyl (C=O) groups is 1. The van der Waals surface area contributed by atoms with Crippen LogP contribution in [0.2, 0.25) is 0 Å². The number of piperidine rings is 1. The number of H-pyrrole nitrogens is 1. The Morgan fingerprint density at radius 3 is 2.57 bits per heavy atom. The van der Waals surface area contributed by atoms with Crippen molar-refractivity contribution in [3.8, 4) is 5.75 Å². The van der Waals surface area contributed by atoms with E-state index in [9.17, 15) is 9.59 Å². The number of aryl methyl sites for hydroxylation is 2. The molecule has 0 atom stereocenters. The van der Waals surface area contributed by atoms with Crippen LogP contribution < -0.4 is 10.3 Å². The third-order valence-corrected chi connectivity index (χ3v) is 5.27. The van der Waals surface area contributed by atoms with Gasteiger partial charge in [0.1, 0.15) is 11.9 Å². The summed E-state index contributed by atoms with van der Waals surface area (Å²) in [5, 5.41) is 7.54. The standard InChI is InChI=1S/C22H23N3O3/c1-14-7-8-15(2)19(13-14)28-16-9-11-25(12-10-16)22(27)20-17-5-3-4-6-18(17)21(26)24-23-20/h3-8,13,16H,9-12H2,1-2H3,(H,24,26). The maximum atomic E-state index is 13.0. The number of hydrogen-bond donors (Lipinski definition) is 1. The van der Waals surface area contributed by atoms with Crippen LogP contribution in [0.3, 0.4) is 0 Å². The van der Waals surface area contributed by atoms with Gasteiger partial charge in [-0.15, -0.1) is 0 Å². The molecule has 1 aromatic heterocycles. The van der Waals surface area contributed by atoms with Gasteiger partial charge in [0.05, 0.1) is 5.39 Å². The Hall–Kier alpha value is -3.15. The van der Waals surface area contributed by atoms with Gasteiger partial charge in [0.25, 0.3) is 11.5 Å². The lowest BCUT2D eigenvalue weighted by Gasteiger charge is -2.32. The van der Waals surface area contributed by atoms with Gasteiger partial charge in [-0.3, -0.25) is 9.59 Å². The highest BCUT2D eigenvalue weighted by Crippen LogP contribution is 2.25. The first-order valence-corrected chi connectivity index (χ1v) is 9.53. The lowest BCUT2D eigenvalue weighted by atomic mass is 10.1. The minimum atomic E-state index is -0.284. The topological polar surface area (TPSA) is 75.3 Å². The molecule has 4 rings (SSSR count). The summed E-state index contributed by atoms with van der Waals surface area (Å²) in [6.45, 7) is 5.29. The zero-order valence-corrected chi connectivity index (χ0v) is 16.1. The Morgan fingerprint density at radius 2 is 1.82 bits per heavy atom. The molecule has 1 N–H and O–H groups in total. The van der Waals surface area contributed by atoms with E-state index in [4.69, 9.17) is 4.74 Å². The van der Waals surface area contributed by atoms with Gasteiger partial charge in [0, 0.05) is 31.3 Å². The van der Waals surface area contributed by atoms with Gasteiger partial charge in [-0.05, 0) is 37.1 Å². The van der Waals surface area contributed by atoms with E-state index in [-0.39, 0.29) is 17.6 Å². The van der Waals surface area contributed by atoms with Crippen molar-refractivity contribution >= 4 is 16.7 Å². The molecule has 28 heavy (non-hydrogen) atoms. The molecule has 6 nitrogen and oxygen atoms in total. The summed E-state index contributed by atoms with van der Waals surface area (Å²) in [4.78, 5) is 26.7. The van der Waals surface area contributed by atoms with Crippen LogP contribution in [-0.2, 0) is 0 Å². The summed E-state index contributed by atoms with van der Waals surface area (Å²) in [6, 6.07) is 13.3. The number of likely N-dealkylation sites (tertiary alicyclic amines) is 1. The molecule has 1 amide bonds. The van der Waals surface area contributed by atoms with Crippen LogP contribution >= 0.6 is 0 Å². The van der Waals surface area contributed by atoms with E-state index in [0.29, 0.717) is 29.6 Å². The number of benzene rings is 2. The average Bonchev–Trinajstić information content (AvgIpc) is 2.71. The van der Waals surface area contributed by atoms with Crippen molar-refractivity contribution in [1.82, 2.24) is 15.1 Å².